The number of carbonyl (C=O) groups excluding carboxylic acids is 2. The lowest BCUT2D eigenvalue weighted by atomic mass is 9.63. The maximum Gasteiger partial charge on any atom is 0.202 e. The van der Waals surface area contributed by atoms with Gasteiger partial charge in [-0.1, -0.05) is 55.4 Å². The van der Waals surface area contributed by atoms with Crippen molar-refractivity contribution in [1.29, 1.82) is 0 Å². The number of nitrogens with zero attached hydrogens (tertiary/aromatic N) is 2. The molecule has 0 bridgehead atoms. The fourth-order valence-electron chi connectivity index (χ4n) is 8.40. The summed E-state index contributed by atoms with van der Waals surface area (Å²) in [4.78, 5) is 33.0. The Hall–Kier alpha value is -3.28. The topological polar surface area (TPSA) is 81.1 Å². The molecular weight excluding hydrogens is 524 g/mol. The molecule has 0 spiro atoms. The molecule has 0 saturated carbocycles. The van der Waals surface area contributed by atoms with E-state index in [1.807, 2.05) is 12.1 Å². The third-order valence-electron chi connectivity index (χ3n) is 11.5. The van der Waals surface area contributed by atoms with Gasteiger partial charge in [-0.25, -0.2) is 0 Å². The van der Waals surface area contributed by atoms with Crippen LogP contribution in [0.25, 0.3) is 5.57 Å². The molecule has 2 N–H and O–H groups in total. The number of Topliss-reactive ketones (excluding diaryl/α,β-unsaturated/α-hetero) is 2. The smallest absolute Gasteiger partial charge is 0.202 e. The number of allylic oxidation sites excluding steroid dienone is 6. The molecule has 4 heterocycles. The molecule has 0 unspecified atom stereocenters. The number of piperidine rings is 1. The molecule has 6 nitrogen and oxygen atoms in total. The maximum absolute atomic E-state index is 14.2. The van der Waals surface area contributed by atoms with E-state index in [2.05, 4.69) is 65.2 Å². The van der Waals surface area contributed by atoms with Gasteiger partial charge in [0.2, 0.25) is 5.78 Å². The highest BCUT2D eigenvalue weighted by molar-refractivity contribution is 6.42. The predicted octanol–water partition coefficient (Wildman–Crippen LogP) is 6.63. The molecule has 0 atom stereocenters. The Labute approximate surface area is 249 Å². The summed E-state index contributed by atoms with van der Waals surface area (Å²) in [5.74, 6) is -0.615. The van der Waals surface area contributed by atoms with Crippen LogP contribution in [0, 0.1) is 10.8 Å². The number of ketones is 2. The first-order valence-corrected chi connectivity index (χ1v) is 15.6. The first-order valence-electron chi connectivity index (χ1n) is 15.6. The van der Waals surface area contributed by atoms with Gasteiger partial charge in [-0.2, -0.15) is 0 Å². The van der Waals surface area contributed by atoms with Crippen molar-refractivity contribution in [2.45, 2.75) is 91.9 Å². The summed E-state index contributed by atoms with van der Waals surface area (Å²) in [6.45, 7) is 21.1. The van der Waals surface area contributed by atoms with Crippen LogP contribution < -0.4 is 4.90 Å². The van der Waals surface area contributed by atoms with Gasteiger partial charge in [-0.05, 0) is 70.6 Å². The lowest BCUT2D eigenvalue weighted by Crippen LogP contribution is -2.48. The van der Waals surface area contributed by atoms with E-state index < -0.39 is 0 Å². The average Bonchev–Trinajstić information content (AvgIpc) is 2.88. The summed E-state index contributed by atoms with van der Waals surface area (Å²) >= 11 is 0. The molecule has 0 amide bonds. The Morgan fingerprint density at radius 1 is 0.690 bits per heavy atom. The third kappa shape index (κ3) is 3.44. The molecule has 0 radical (unpaired) electrons. The van der Waals surface area contributed by atoms with Crippen molar-refractivity contribution < 1.29 is 19.8 Å². The summed E-state index contributed by atoms with van der Waals surface area (Å²) in [6.07, 6.45) is 5.58. The van der Waals surface area contributed by atoms with Gasteiger partial charge in [0.1, 0.15) is 11.5 Å². The molecule has 1 fully saturated rings. The zero-order valence-corrected chi connectivity index (χ0v) is 26.4. The number of benzene rings is 1. The number of aliphatic hydroxyl groups is 1. The maximum atomic E-state index is 14.2. The number of phenolic OH excluding ortho intramolecular Hbond substituents is 1. The normalized spacial score (nSPS) is 28.3. The van der Waals surface area contributed by atoms with Gasteiger partial charge < -0.3 is 20.0 Å². The minimum atomic E-state index is -0.364. The van der Waals surface area contributed by atoms with E-state index in [0.717, 1.165) is 85.5 Å². The van der Waals surface area contributed by atoms with Crippen molar-refractivity contribution in [1.82, 2.24) is 4.90 Å². The van der Waals surface area contributed by atoms with Crippen molar-refractivity contribution >= 4 is 22.8 Å². The number of hydrogen-bond acceptors (Lipinski definition) is 6. The standard InChI is InChI=1S/C36H44N2O4/c1-33(2)9-13-37-15-11-35(5,6)25-27(37)21(33)17-19(29(25)39)23-31(41)24(32(23)42)20-18-22-28-26(30(20)40)36(7,8)12-16-38(28)14-10-34(22,3)4/h17-18,39,41H,9-16H2,1-8H3. The lowest BCUT2D eigenvalue weighted by molar-refractivity contribution is -0.115. The van der Waals surface area contributed by atoms with E-state index in [1.165, 1.54) is 0 Å². The summed E-state index contributed by atoms with van der Waals surface area (Å²) < 4.78 is 0. The van der Waals surface area contributed by atoms with Crippen LogP contribution in [0.2, 0.25) is 0 Å². The van der Waals surface area contributed by atoms with Gasteiger partial charge in [-0.3, -0.25) is 9.59 Å². The van der Waals surface area contributed by atoms with E-state index in [-0.39, 0.29) is 55.9 Å². The average molecular weight is 569 g/mol. The molecule has 1 aromatic rings. The summed E-state index contributed by atoms with van der Waals surface area (Å²) in [7, 11) is 0. The van der Waals surface area contributed by atoms with Gasteiger partial charge >= 0.3 is 0 Å². The second kappa shape index (κ2) is 8.21. The van der Waals surface area contributed by atoms with E-state index in [0.29, 0.717) is 11.1 Å². The highest BCUT2D eigenvalue weighted by Crippen LogP contribution is 2.57. The summed E-state index contributed by atoms with van der Waals surface area (Å²) in [5, 5.41) is 23.4. The Morgan fingerprint density at radius 3 is 1.90 bits per heavy atom. The van der Waals surface area contributed by atoms with E-state index in [1.54, 1.807) is 0 Å². The summed E-state index contributed by atoms with van der Waals surface area (Å²) in [6, 6.07) is 1.93. The van der Waals surface area contributed by atoms with Gasteiger partial charge in [0, 0.05) is 59.8 Å². The minimum absolute atomic E-state index is 0.0795. The first-order chi connectivity index (χ1) is 19.5. The predicted molar refractivity (Wildman–Crippen MR) is 166 cm³/mol. The van der Waals surface area contributed by atoms with Crippen LogP contribution in [0.15, 0.2) is 45.9 Å². The molecule has 222 valence electrons. The molecule has 6 heteroatoms. The molecular formula is C36H44N2O4. The zero-order valence-electron chi connectivity index (χ0n) is 26.4. The van der Waals surface area contributed by atoms with Crippen LogP contribution in [-0.2, 0) is 20.4 Å². The number of rotatable bonds is 1. The molecule has 1 aromatic carbocycles. The Morgan fingerprint density at radius 2 is 1.26 bits per heavy atom. The fourth-order valence-corrected chi connectivity index (χ4v) is 8.40. The Bertz CT molecular complexity index is 1640. The fraction of sp³-hybridized carbons (Fsp3) is 0.556. The van der Waals surface area contributed by atoms with Crippen LogP contribution >= 0.6 is 0 Å². The number of phenols is 1. The van der Waals surface area contributed by atoms with Crippen molar-refractivity contribution in [3.63, 3.8) is 0 Å². The second-order valence-corrected chi connectivity index (χ2v) is 16.0. The molecule has 1 saturated heterocycles. The van der Waals surface area contributed by atoms with Crippen LogP contribution in [0.4, 0.5) is 5.69 Å². The van der Waals surface area contributed by atoms with E-state index in [9.17, 15) is 19.8 Å². The Kier molecular flexibility index (Phi) is 5.38. The van der Waals surface area contributed by atoms with Gasteiger partial charge in [-0.15, -0.1) is 0 Å². The van der Waals surface area contributed by atoms with Crippen molar-refractivity contribution in [3.05, 3.63) is 62.6 Å². The molecule has 6 aliphatic rings. The quantitative estimate of drug-likeness (QED) is 0.370. The zero-order chi connectivity index (χ0) is 30.3. The number of carbonyl (C=O) groups is 2. The number of hydrogen-bond donors (Lipinski definition) is 2. The van der Waals surface area contributed by atoms with Crippen LogP contribution in [0.1, 0.15) is 97.8 Å². The van der Waals surface area contributed by atoms with Crippen molar-refractivity contribution in [2.24, 2.45) is 10.8 Å². The van der Waals surface area contributed by atoms with E-state index >= 15 is 0 Å². The molecule has 0 aromatic heterocycles. The number of aromatic hydroxyl groups is 1. The highest BCUT2D eigenvalue weighted by Gasteiger charge is 2.51. The third-order valence-corrected chi connectivity index (χ3v) is 11.5. The minimum Gasteiger partial charge on any atom is -0.507 e. The van der Waals surface area contributed by atoms with Crippen LogP contribution in [0.3, 0.4) is 0 Å². The molecule has 4 aliphatic heterocycles. The first kappa shape index (κ1) is 27.5. The van der Waals surface area contributed by atoms with Crippen LogP contribution in [-0.4, -0.2) is 52.9 Å². The number of anilines is 1. The highest BCUT2D eigenvalue weighted by atomic mass is 16.3. The van der Waals surface area contributed by atoms with Gasteiger partial charge in [0.15, 0.2) is 5.78 Å². The monoisotopic (exact) mass is 568 g/mol. The molecule has 2 aliphatic carbocycles. The Balaban J connectivity index is 1.44. The largest absolute Gasteiger partial charge is 0.507 e. The van der Waals surface area contributed by atoms with Crippen LogP contribution in [0.5, 0.6) is 5.75 Å². The van der Waals surface area contributed by atoms with Crippen molar-refractivity contribution in [2.75, 3.05) is 31.1 Å². The van der Waals surface area contributed by atoms with Crippen molar-refractivity contribution in [3.8, 4) is 5.75 Å². The molecule has 42 heavy (non-hydrogen) atoms. The lowest BCUT2D eigenvalue weighted by Gasteiger charge is -2.51. The summed E-state index contributed by atoms with van der Waals surface area (Å²) in [5.41, 5.74) is 5.93. The van der Waals surface area contributed by atoms with Gasteiger partial charge in [0.05, 0.1) is 11.1 Å². The SMILES string of the molecule is CC1(C)CCN2CCC(C)(C)C3=C2C1=CC(=C1C(=O)C(c2cc4c5c(c2O)C(C)(C)CCN5CCC4(C)C)=C1O)C3=O. The van der Waals surface area contributed by atoms with E-state index in [4.69, 9.17) is 0 Å². The van der Waals surface area contributed by atoms with Gasteiger partial charge in [0.25, 0.3) is 0 Å². The number of aliphatic hydroxyl groups excluding tert-OH is 1. The second-order valence-electron chi connectivity index (χ2n) is 16.0. The molecule has 7 rings (SSSR count).